The summed E-state index contributed by atoms with van der Waals surface area (Å²) in [5.74, 6) is 0.172. The number of nitrogens with zero attached hydrogens (tertiary/aromatic N) is 3. The number of benzene rings is 1. The van der Waals surface area contributed by atoms with Crippen LogP contribution in [-0.2, 0) is 13.1 Å². The van der Waals surface area contributed by atoms with Crippen LogP contribution in [0.3, 0.4) is 0 Å². The van der Waals surface area contributed by atoms with Gasteiger partial charge in [0.1, 0.15) is 5.82 Å². The van der Waals surface area contributed by atoms with Crippen molar-refractivity contribution in [2.45, 2.75) is 20.0 Å². The molecule has 0 aliphatic rings. The van der Waals surface area contributed by atoms with Gasteiger partial charge in [-0.05, 0) is 13.0 Å². The molecule has 0 saturated heterocycles. The van der Waals surface area contributed by atoms with Crippen LogP contribution in [0.1, 0.15) is 22.8 Å². The second-order valence-electron chi connectivity index (χ2n) is 4.10. The molecule has 0 fully saturated rings. The Kier molecular flexibility index (Phi) is 4.26. The molecule has 0 atom stereocenters. The second-order valence-corrected chi connectivity index (χ2v) is 4.10. The van der Waals surface area contributed by atoms with E-state index >= 15 is 0 Å². The Balaban J connectivity index is 2.03. The number of rotatable bonds is 5. The number of nitrogens with two attached hydrogens (primary N) is 1. The first-order chi connectivity index (χ1) is 9.61. The highest BCUT2D eigenvalue weighted by Gasteiger charge is 2.11. The summed E-state index contributed by atoms with van der Waals surface area (Å²) >= 11 is 0. The van der Waals surface area contributed by atoms with Gasteiger partial charge in [0.15, 0.2) is 11.7 Å². The maximum atomic E-state index is 14.1. The SMILES string of the molecule is Cc1noc(CNCc2cccc(/C(N)=N/O)c2F)n1. The Morgan fingerprint density at radius 3 is 2.95 bits per heavy atom. The zero-order valence-corrected chi connectivity index (χ0v) is 10.8. The summed E-state index contributed by atoms with van der Waals surface area (Å²) in [6.45, 7) is 2.29. The Morgan fingerprint density at radius 1 is 1.50 bits per heavy atom. The standard InChI is InChI=1S/C12H14FN5O2/c1-7-16-10(20-18-7)6-15-5-8-3-2-4-9(11(8)13)12(14)17-19/h2-4,15,19H,5-6H2,1H3,(H2,14,17). The molecule has 0 spiro atoms. The largest absolute Gasteiger partial charge is 0.409 e. The number of aryl methyl sites for hydroxylation is 1. The van der Waals surface area contributed by atoms with Gasteiger partial charge in [0, 0.05) is 12.1 Å². The Morgan fingerprint density at radius 2 is 2.30 bits per heavy atom. The lowest BCUT2D eigenvalue weighted by Gasteiger charge is -2.07. The minimum absolute atomic E-state index is 0.0560. The number of hydrogen-bond donors (Lipinski definition) is 3. The fourth-order valence-corrected chi connectivity index (χ4v) is 1.68. The van der Waals surface area contributed by atoms with Crippen LogP contribution in [0.25, 0.3) is 0 Å². The highest BCUT2D eigenvalue weighted by Crippen LogP contribution is 2.13. The summed E-state index contributed by atoms with van der Waals surface area (Å²) in [7, 11) is 0. The van der Waals surface area contributed by atoms with E-state index in [9.17, 15) is 4.39 Å². The molecule has 4 N–H and O–H groups in total. The van der Waals surface area contributed by atoms with Crippen molar-refractivity contribution in [3.8, 4) is 0 Å². The molecule has 0 amide bonds. The molecule has 2 aromatic rings. The lowest BCUT2D eigenvalue weighted by atomic mass is 10.1. The van der Waals surface area contributed by atoms with Gasteiger partial charge in [0.05, 0.1) is 12.1 Å². The Hall–Kier alpha value is -2.48. The van der Waals surface area contributed by atoms with Crippen LogP contribution >= 0.6 is 0 Å². The smallest absolute Gasteiger partial charge is 0.240 e. The molecule has 0 radical (unpaired) electrons. The van der Waals surface area contributed by atoms with Crippen LogP contribution in [0.4, 0.5) is 4.39 Å². The molecule has 7 nitrogen and oxygen atoms in total. The Bertz CT molecular complexity index is 626. The summed E-state index contributed by atoms with van der Waals surface area (Å²) in [4.78, 5) is 4.02. The first kappa shape index (κ1) is 13.9. The monoisotopic (exact) mass is 279 g/mol. The van der Waals surface area contributed by atoms with E-state index in [0.29, 0.717) is 23.8 Å². The number of aromatic nitrogens is 2. The van der Waals surface area contributed by atoms with Gasteiger partial charge in [0.25, 0.3) is 0 Å². The highest BCUT2D eigenvalue weighted by atomic mass is 19.1. The van der Waals surface area contributed by atoms with Crippen LogP contribution in [0.15, 0.2) is 27.9 Å². The third-order valence-corrected chi connectivity index (χ3v) is 2.62. The third kappa shape index (κ3) is 3.09. The van der Waals surface area contributed by atoms with Crippen molar-refractivity contribution in [2.24, 2.45) is 10.9 Å². The van der Waals surface area contributed by atoms with Crippen LogP contribution in [0.5, 0.6) is 0 Å². The molecule has 0 unspecified atom stereocenters. The van der Waals surface area contributed by atoms with Crippen LogP contribution in [0.2, 0.25) is 0 Å². The average molecular weight is 279 g/mol. The second kappa shape index (κ2) is 6.11. The van der Waals surface area contributed by atoms with Gasteiger partial charge in [-0.2, -0.15) is 4.98 Å². The fraction of sp³-hybridized carbons (Fsp3) is 0.250. The lowest BCUT2D eigenvalue weighted by Crippen LogP contribution is -2.18. The van der Waals surface area contributed by atoms with Gasteiger partial charge in [-0.15, -0.1) is 0 Å². The van der Waals surface area contributed by atoms with Gasteiger partial charge >= 0.3 is 0 Å². The topological polar surface area (TPSA) is 110 Å². The maximum absolute atomic E-state index is 14.1. The van der Waals surface area contributed by atoms with Crippen LogP contribution < -0.4 is 11.1 Å². The summed E-state index contributed by atoms with van der Waals surface area (Å²) in [6, 6.07) is 4.68. The molecule has 1 aromatic heterocycles. The molecule has 8 heteroatoms. The van der Waals surface area contributed by atoms with Crippen molar-refractivity contribution >= 4 is 5.84 Å². The Labute approximate surface area is 114 Å². The first-order valence-corrected chi connectivity index (χ1v) is 5.87. The quantitative estimate of drug-likeness (QED) is 0.325. The zero-order chi connectivity index (χ0) is 14.5. The van der Waals surface area contributed by atoms with Crippen LogP contribution in [0, 0.1) is 12.7 Å². The zero-order valence-electron chi connectivity index (χ0n) is 10.8. The van der Waals surface area contributed by atoms with Crippen molar-refractivity contribution in [3.63, 3.8) is 0 Å². The van der Waals surface area contributed by atoms with E-state index in [-0.39, 0.29) is 17.9 Å². The molecule has 1 heterocycles. The molecular formula is C12H14FN5O2. The van der Waals surface area contributed by atoms with E-state index in [1.807, 2.05) is 0 Å². The fourth-order valence-electron chi connectivity index (χ4n) is 1.68. The van der Waals surface area contributed by atoms with Crippen molar-refractivity contribution < 1.29 is 14.1 Å². The molecule has 106 valence electrons. The lowest BCUT2D eigenvalue weighted by molar-refractivity contribution is 0.318. The van der Waals surface area contributed by atoms with E-state index in [2.05, 4.69) is 20.6 Å². The predicted octanol–water partition coefficient (Wildman–Crippen LogP) is 0.901. The molecule has 20 heavy (non-hydrogen) atoms. The van der Waals surface area contributed by atoms with E-state index < -0.39 is 5.82 Å². The molecule has 1 aromatic carbocycles. The normalized spacial score (nSPS) is 11.8. The molecular weight excluding hydrogens is 265 g/mol. The third-order valence-electron chi connectivity index (χ3n) is 2.62. The molecule has 0 bridgehead atoms. The van der Waals surface area contributed by atoms with Gasteiger partial charge in [-0.1, -0.05) is 22.4 Å². The maximum Gasteiger partial charge on any atom is 0.240 e. The highest BCUT2D eigenvalue weighted by molar-refractivity contribution is 5.97. The van der Waals surface area contributed by atoms with Crippen molar-refractivity contribution in [1.82, 2.24) is 15.5 Å². The van der Waals surface area contributed by atoms with E-state index in [4.69, 9.17) is 15.5 Å². The minimum atomic E-state index is -0.531. The summed E-state index contributed by atoms with van der Waals surface area (Å²) < 4.78 is 19.0. The molecule has 0 aliphatic heterocycles. The molecule has 2 rings (SSSR count). The number of amidine groups is 1. The minimum Gasteiger partial charge on any atom is -0.409 e. The molecule has 0 saturated carbocycles. The van der Waals surface area contributed by atoms with E-state index in [1.165, 1.54) is 6.07 Å². The van der Waals surface area contributed by atoms with Gasteiger partial charge in [-0.25, -0.2) is 4.39 Å². The van der Waals surface area contributed by atoms with E-state index in [1.54, 1.807) is 19.1 Å². The summed E-state index contributed by atoms with van der Waals surface area (Å²) in [6.07, 6.45) is 0. The van der Waals surface area contributed by atoms with Gasteiger partial charge < -0.3 is 20.8 Å². The number of oxime groups is 1. The van der Waals surface area contributed by atoms with E-state index in [0.717, 1.165) is 0 Å². The van der Waals surface area contributed by atoms with Crippen molar-refractivity contribution in [2.75, 3.05) is 0 Å². The first-order valence-electron chi connectivity index (χ1n) is 5.87. The predicted molar refractivity (Wildman–Crippen MR) is 68.5 cm³/mol. The van der Waals surface area contributed by atoms with Crippen molar-refractivity contribution in [1.29, 1.82) is 0 Å². The summed E-state index contributed by atoms with van der Waals surface area (Å²) in [5, 5.41) is 18.0. The van der Waals surface area contributed by atoms with Crippen LogP contribution in [-0.4, -0.2) is 21.2 Å². The number of halogens is 1. The van der Waals surface area contributed by atoms with Gasteiger partial charge in [0.2, 0.25) is 5.89 Å². The average Bonchev–Trinajstić information content (AvgIpc) is 2.85. The summed E-state index contributed by atoms with van der Waals surface area (Å²) in [5.41, 5.74) is 5.84. The number of nitrogens with one attached hydrogen (secondary N) is 1. The van der Waals surface area contributed by atoms with Gasteiger partial charge in [-0.3, -0.25) is 0 Å². The molecule has 0 aliphatic carbocycles. The number of hydrogen-bond acceptors (Lipinski definition) is 6. The van der Waals surface area contributed by atoms with Crippen molar-refractivity contribution in [3.05, 3.63) is 46.9 Å².